The van der Waals surface area contributed by atoms with Crippen molar-refractivity contribution >= 4 is 28.7 Å². The van der Waals surface area contributed by atoms with E-state index in [-0.39, 0.29) is 6.04 Å². The molecular weight excluding hydrogens is 508 g/mol. The lowest BCUT2D eigenvalue weighted by atomic mass is 10.1. The van der Waals surface area contributed by atoms with Crippen molar-refractivity contribution in [2.45, 2.75) is 26.8 Å². The second kappa shape index (κ2) is 10.0. The zero-order valence-electron chi connectivity index (χ0n) is 22.8. The molecule has 0 aliphatic carbocycles. The molecule has 0 saturated carbocycles. The number of aryl methyl sites for hydroxylation is 1. The number of ether oxygens (including phenoxy) is 1. The highest BCUT2D eigenvalue weighted by Gasteiger charge is 2.25. The van der Waals surface area contributed by atoms with E-state index in [2.05, 4.69) is 22.1 Å². The summed E-state index contributed by atoms with van der Waals surface area (Å²) in [5.74, 6) is 1.37. The predicted molar refractivity (Wildman–Crippen MR) is 152 cm³/mol. The van der Waals surface area contributed by atoms with Crippen molar-refractivity contribution in [1.29, 1.82) is 0 Å². The number of nitrogens with two attached hydrogens (primary N) is 1. The van der Waals surface area contributed by atoms with Crippen LogP contribution in [0.4, 0.5) is 11.8 Å². The highest BCUT2D eigenvalue weighted by Crippen LogP contribution is 2.32. The number of anilines is 2. The van der Waals surface area contributed by atoms with Crippen molar-refractivity contribution in [2.75, 3.05) is 37.0 Å². The first kappa shape index (κ1) is 25.4. The number of para-hydroxylation sites is 2. The average Bonchev–Trinajstić information content (AvgIpc) is 3.49. The molecule has 204 valence electrons. The van der Waals surface area contributed by atoms with Gasteiger partial charge >= 0.3 is 0 Å². The zero-order valence-corrected chi connectivity index (χ0v) is 22.8. The summed E-state index contributed by atoms with van der Waals surface area (Å²) < 4.78 is 9.39. The molecule has 1 aliphatic heterocycles. The monoisotopic (exact) mass is 538 g/mol. The van der Waals surface area contributed by atoms with Gasteiger partial charge in [0.05, 0.1) is 64.8 Å². The number of aromatic nitrogens is 7. The molecule has 1 fully saturated rings. The number of pyridine rings is 1. The molecular formula is C28H30N10O2. The van der Waals surface area contributed by atoms with E-state index in [4.69, 9.17) is 30.5 Å². The van der Waals surface area contributed by atoms with Crippen LogP contribution in [0.15, 0.2) is 48.8 Å². The van der Waals surface area contributed by atoms with Crippen LogP contribution in [0.2, 0.25) is 0 Å². The van der Waals surface area contributed by atoms with E-state index in [9.17, 15) is 4.79 Å². The van der Waals surface area contributed by atoms with Crippen LogP contribution in [-0.4, -0.2) is 73.0 Å². The molecule has 3 N–H and O–H groups in total. The number of benzene rings is 1. The van der Waals surface area contributed by atoms with E-state index in [0.717, 1.165) is 39.5 Å². The van der Waals surface area contributed by atoms with Crippen LogP contribution in [0.1, 0.15) is 28.7 Å². The normalized spacial score (nSPS) is 15.5. The molecule has 1 saturated heterocycles. The van der Waals surface area contributed by atoms with Crippen LogP contribution in [0.25, 0.3) is 33.9 Å². The number of hydrogen-bond donors (Lipinski definition) is 2. The second-order valence-corrected chi connectivity index (χ2v) is 9.79. The number of hydrogen-bond acceptors (Lipinski definition) is 9. The third-order valence-corrected chi connectivity index (χ3v) is 7.15. The lowest BCUT2D eigenvalue weighted by molar-refractivity contribution is 0.0985. The molecule has 12 nitrogen and oxygen atoms in total. The molecule has 0 bridgehead atoms. The summed E-state index contributed by atoms with van der Waals surface area (Å²) in [5, 5.41) is 7.98. The smallest absolute Gasteiger partial charge is 0.250 e. The van der Waals surface area contributed by atoms with E-state index < -0.39 is 5.91 Å². The number of morpholine rings is 1. The SMILES string of the molecule is CNc1nc2ccccc2n1-c1nc(-c2c(C)nn(-c3cncc(C(N)=O)c3)c2C)cc(N2CCOC[C@H]2C)n1. The Morgan fingerprint density at radius 1 is 1.12 bits per heavy atom. The van der Waals surface area contributed by atoms with Gasteiger partial charge in [-0.2, -0.15) is 10.1 Å². The molecule has 5 aromatic rings. The van der Waals surface area contributed by atoms with E-state index in [1.165, 1.54) is 6.20 Å². The van der Waals surface area contributed by atoms with Crippen LogP contribution < -0.4 is 16.0 Å². The Balaban J connectivity index is 1.57. The molecule has 5 heterocycles. The van der Waals surface area contributed by atoms with Gasteiger partial charge in [-0.3, -0.25) is 9.78 Å². The van der Waals surface area contributed by atoms with Crippen LogP contribution in [0.5, 0.6) is 0 Å². The number of nitrogens with zero attached hydrogens (tertiary/aromatic N) is 8. The summed E-state index contributed by atoms with van der Waals surface area (Å²) in [4.78, 5) is 33.1. The van der Waals surface area contributed by atoms with Crippen molar-refractivity contribution in [2.24, 2.45) is 5.73 Å². The maximum atomic E-state index is 11.8. The molecule has 4 aromatic heterocycles. The van der Waals surface area contributed by atoms with Gasteiger partial charge in [-0.25, -0.2) is 19.2 Å². The van der Waals surface area contributed by atoms with Gasteiger partial charge in [-0.1, -0.05) is 12.1 Å². The van der Waals surface area contributed by atoms with Crippen molar-refractivity contribution < 1.29 is 9.53 Å². The van der Waals surface area contributed by atoms with Crippen molar-refractivity contribution in [3.63, 3.8) is 0 Å². The van der Waals surface area contributed by atoms with Gasteiger partial charge < -0.3 is 20.7 Å². The first-order chi connectivity index (χ1) is 19.4. The highest BCUT2D eigenvalue weighted by molar-refractivity contribution is 5.93. The topological polar surface area (TPSA) is 142 Å². The summed E-state index contributed by atoms with van der Waals surface area (Å²) in [7, 11) is 1.83. The minimum atomic E-state index is -0.547. The fraction of sp³-hybridized carbons (Fsp3) is 0.286. The second-order valence-electron chi connectivity index (χ2n) is 9.79. The van der Waals surface area contributed by atoms with Gasteiger partial charge in [0.1, 0.15) is 5.82 Å². The van der Waals surface area contributed by atoms with Gasteiger partial charge in [-0.15, -0.1) is 0 Å². The minimum Gasteiger partial charge on any atom is -0.377 e. The lowest BCUT2D eigenvalue weighted by Gasteiger charge is -2.34. The number of imidazole rings is 1. The number of rotatable bonds is 6. The summed E-state index contributed by atoms with van der Waals surface area (Å²) in [6.45, 7) is 7.98. The molecule has 6 rings (SSSR count). The van der Waals surface area contributed by atoms with Gasteiger partial charge in [0.25, 0.3) is 0 Å². The maximum absolute atomic E-state index is 11.8. The predicted octanol–water partition coefficient (Wildman–Crippen LogP) is 3.05. The zero-order chi connectivity index (χ0) is 28.0. The number of carbonyl (C=O) groups excluding carboxylic acids is 1. The largest absolute Gasteiger partial charge is 0.377 e. The average molecular weight is 539 g/mol. The standard InChI is InChI=1S/C28H30N10O2/c1-16-15-40-10-9-36(16)24-12-22(33-28(34-24)37-23-8-6-5-7-21(23)32-27(37)30-4)25-17(2)35-38(18(25)3)20-11-19(26(29)39)13-31-14-20/h5-8,11-14,16H,9-10,15H2,1-4H3,(H2,29,39)(H,30,32)/t16-/m1/s1. The summed E-state index contributed by atoms with van der Waals surface area (Å²) in [6, 6.07) is 11.7. The third-order valence-electron chi connectivity index (χ3n) is 7.15. The Bertz CT molecular complexity index is 1740. The number of amides is 1. The summed E-state index contributed by atoms with van der Waals surface area (Å²) in [6.07, 6.45) is 3.10. The molecule has 1 aromatic carbocycles. The Labute approximate surface area is 230 Å². The Hall–Kier alpha value is -4.84. The highest BCUT2D eigenvalue weighted by atomic mass is 16.5. The minimum absolute atomic E-state index is 0.139. The van der Waals surface area contributed by atoms with Gasteiger partial charge in [-0.05, 0) is 39.0 Å². The van der Waals surface area contributed by atoms with E-state index >= 15 is 0 Å². The van der Waals surface area contributed by atoms with E-state index in [1.54, 1.807) is 16.9 Å². The van der Waals surface area contributed by atoms with Gasteiger partial charge in [0.2, 0.25) is 17.8 Å². The Morgan fingerprint density at radius 2 is 1.95 bits per heavy atom. The fourth-order valence-corrected chi connectivity index (χ4v) is 5.20. The number of nitrogens with one attached hydrogen (secondary N) is 1. The number of carbonyl (C=O) groups is 1. The van der Waals surface area contributed by atoms with Crippen molar-refractivity contribution in [3.05, 3.63) is 65.7 Å². The molecule has 12 heteroatoms. The van der Waals surface area contributed by atoms with Crippen molar-refractivity contribution in [1.82, 2.24) is 34.3 Å². The summed E-state index contributed by atoms with van der Waals surface area (Å²) >= 11 is 0. The van der Waals surface area contributed by atoms with Crippen LogP contribution in [0, 0.1) is 13.8 Å². The molecule has 1 aliphatic rings. The van der Waals surface area contributed by atoms with Gasteiger partial charge in [0.15, 0.2) is 0 Å². The molecule has 0 radical (unpaired) electrons. The van der Waals surface area contributed by atoms with Crippen LogP contribution in [0.3, 0.4) is 0 Å². The Morgan fingerprint density at radius 3 is 2.73 bits per heavy atom. The third kappa shape index (κ3) is 4.31. The van der Waals surface area contributed by atoms with Gasteiger partial charge in [0, 0.05) is 31.4 Å². The molecule has 40 heavy (non-hydrogen) atoms. The van der Waals surface area contributed by atoms with Crippen molar-refractivity contribution in [3.8, 4) is 22.9 Å². The maximum Gasteiger partial charge on any atom is 0.250 e. The number of primary amides is 1. The number of fused-ring (bicyclic) bond motifs is 1. The summed E-state index contributed by atoms with van der Waals surface area (Å²) in [5.41, 5.74) is 11.4. The molecule has 0 spiro atoms. The quantitative estimate of drug-likeness (QED) is 0.333. The fourth-order valence-electron chi connectivity index (χ4n) is 5.20. The Kier molecular flexibility index (Phi) is 6.39. The van der Waals surface area contributed by atoms with Crippen LogP contribution >= 0.6 is 0 Å². The first-order valence-electron chi connectivity index (χ1n) is 13.1. The molecule has 1 atom stereocenters. The first-order valence-corrected chi connectivity index (χ1v) is 13.1. The van der Waals surface area contributed by atoms with E-state index in [1.807, 2.05) is 55.8 Å². The lowest BCUT2D eigenvalue weighted by Crippen LogP contribution is -2.44. The molecule has 1 amide bonds. The van der Waals surface area contributed by atoms with E-state index in [0.29, 0.717) is 42.9 Å². The van der Waals surface area contributed by atoms with Crippen LogP contribution in [-0.2, 0) is 4.74 Å². The molecule has 0 unspecified atom stereocenters.